The molecule has 0 fully saturated rings. The van der Waals surface area contributed by atoms with Crippen molar-refractivity contribution in [2.45, 2.75) is 0 Å². The first-order valence-electron chi connectivity index (χ1n) is 2.32. The molecule has 0 saturated carbocycles. The molecule has 0 unspecified atom stereocenters. The molecule has 0 saturated heterocycles. The number of carbonyl (C=O) groups is 1. The lowest BCUT2D eigenvalue weighted by molar-refractivity contribution is -0.105. The molecular formula is C5H9NOS. The lowest BCUT2D eigenvalue weighted by atomic mass is 10.7. The molecule has 3 heteroatoms. The Balaban J connectivity index is 2.90. The second-order valence-corrected chi connectivity index (χ2v) is 2.05. The van der Waals surface area contributed by atoms with E-state index in [1.165, 1.54) is 11.8 Å². The molecule has 0 aliphatic heterocycles. The molecule has 46 valence electrons. The highest BCUT2D eigenvalue weighted by Gasteiger charge is 1.74. The minimum Gasteiger partial charge on any atom is -0.327 e. The lowest BCUT2D eigenvalue weighted by Crippen LogP contribution is -1.91. The van der Waals surface area contributed by atoms with Gasteiger partial charge in [0.25, 0.3) is 0 Å². The Morgan fingerprint density at radius 3 is 2.88 bits per heavy atom. The van der Waals surface area contributed by atoms with Crippen LogP contribution in [-0.4, -0.2) is 18.6 Å². The van der Waals surface area contributed by atoms with E-state index >= 15 is 0 Å². The first kappa shape index (κ1) is 7.72. The third-order valence-electron chi connectivity index (χ3n) is 0.493. The molecule has 0 atom stereocenters. The Kier molecular flexibility index (Phi) is 6.48. The highest BCUT2D eigenvalue weighted by molar-refractivity contribution is 8.02. The van der Waals surface area contributed by atoms with Gasteiger partial charge in [-0.05, 0) is 5.41 Å². The maximum atomic E-state index is 9.68. The Morgan fingerprint density at radius 2 is 2.38 bits per heavy atom. The summed E-state index contributed by atoms with van der Waals surface area (Å²) in [5, 5.41) is 1.83. The first-order chi connectivity index (χ1) is 3.91. The van der Waals surface area contributed by atoms with Crippen LogP contribution in [0.4, 0.5) is 0 Å². The van der Waals surface area contributed by atoms with Gasteiger partial charge in [0.2, 0.25) is 0 Å². The van der Waals surface area contributed by atoms with Gasteiger partial charge in [0.05, 0.1) is 5.75 Å². The molecule has 0 radical (unpaired) electrons. The Bertz CT molecular complexity index is 82.5. The Morgan fingerprint density at radius 1 is 1.62 bits per heavy atom. The van der Waals surface area contributed by atoms with E-state index in [-0.39, 0.29) is 0 Å². The zero-order valence-corrected chi connectivity index (χ0v) is 5.36. The summed E-state index contributed by atoms with van der Waals surface area (Å²) in [7, 11) is 0. The van der Waals surface area contributed by atoms with Gasteiger partial charge in [-0.3, -0.25) is 0 Å². The van der Waals surface area contributed by atoms with Crippen LogP contribution >= 0.6 is 11.8 Å². The average Bonchev–Trinajstić information content (AvgIpc) is 1.81. The lowest BCUT2D eigenvalue weighted by Gasteiger charge is -1.80. The van der Waals surface area contributed by atoms with E-state index in [4.69, 9.17) is 5.73 Å². The SMILES string of the molecule is NCC=CSCC=O. The molecule has 0 aliphatic carbocycles. The molecule has 0 aliphatic rings. The molecule has 0 amide bonds. The second kappa shape index (κ2) is 6.72. The molecule has 0 rings (SSSR count). The Hall–Kier alpha value is -0.280. The van der Waals surface area contributed by atoms with Crippen molar-refractivity contribution < 1.29 is 4.79 Å². The van der Waals surface area contributed by atoms with Crippen molar-refractivity contribution in [3.8, 4) is 0 Å². The number of aldehydes is 1. The molecule has 0 aromatic rings. The predicted molar refractivity (Wildman–Crippen MR) is 36.7 cm³/mol. The first-order valence-corrected chi connectivity index (χ1v) is 3.37. The van der Waals surface area contributed by atoms with Gasteiger partial charge in [0.1, 0.15) is 6.29 Å². The fourth-order valence-corrected chi connectivity index (χ4v) is 0.655. The summed E-state index contributed by atoms with van der Waals surface area (Å²) in [5.41, 5.74) is 5.12. The maximum Gasteiger partial charge on any atom is 0.130 e. The highest BCUT2D eigenvalue weighted by atomic mass is 32.2. The van der Waals surface area contributed by atoms with Crippen LogP contribution in [0, 0.1) is 0 Å². The van der Waals surface area contributed by atoms with Gasteiger partial charge < -0.3 is 10.5 Å². The van der Waals surface area contributed by atoms with Crippen LogP contribution in [0.2, 0.25) is 0 Å². The highest BCUT2D eigenvalue weighted by Crippen LogP contribution is 1.96. The summed E-state index contributed by atoms with van der Waals surface area (Å²) >= 11 is 1.45. The van der Waals surface area contributed by atoms with Crippen molar-refractivity contribution in [1.29, 1.82) is 0 Å². The zero-order chi connectivity index (χ0) is 6.24. The minimum absolute atomic E-state index is 0.524. The van der Waals surface area contributed by atoms with E-state index in [1.54, 1.807) is 0 Å². The summed E-state index contributed by atoms with van der Waals surface area (Å²) < 4.78 is 0. The summed E-state index contributed by atoms with van der Waals surface area (Å²) in [6.07, 6.45) is 2.68. The average molecular weight is 131 g/mol. The Labute approximate surface area is 53.1 Å². The number of rotatable bonds is 4. The molecule has 8 heavy (non-hydrogen) atoms. The van der Waals surface area contributed by atoms with Gasteiger partial charge >= 0.3 is 0 Å². The quantitative estimate of drug-likeness (QED) is 0.443. The molecule has 0 heterocycles. The van der Waals surface area contributed by atoms with Crippen LogP contribution in [0.5, 0.6) is 0 Å². The predicted octanol–water partition coefficient (Wildman–Crippen LogP) is 0.391. The van der Waals surface area contributed by atoms with Crippen molar-refractivity contribution in [1.82, 2.24) is 0 Å². The van der Waals surface area contributed by atoms with E-state index in [0.29, 0.717) is 12.3 Å². The second-order valence-electron chi connectivity index (χ2n) is 1.11. The molecule has 0 spiro atoms. The van der Waals surface area contributed by atoms with E-state index in [0.717, 1.165) is 6.29 Å². The van der Waals surface area contributed by atoms with Gasteiger partial charge in [-0.15, -0.1) is 11.8 Å². The van der Waals surface area contributed by atoms with Crippen molar-refractivity contribution in [3.05, 3.63) is 11.5 Å². The smallest absolute Gasteiger partial charge is 0.130 e. The van der Waals surface area contributed by atoms with Crippen LogP contribution in [0.25, 0.3) is 0 Å². The fraction of sp³-hybridized carbons (Fsp3) is 0.400. The van der Waals surface area contributed by atoms with Crippen molar-refractivity contribution in [3.63, 3.8) is 0 Å². The van der Waals surface area contributed by atoms with Crippen molar-refractivity contribution >= 4 is 18.0 Å². The van der Waals surface area contributed by atoms with Gasteiger partial charge in [-0.25, -0.2) is 0 Å². The van der Waals surface area contributed by atoms with Crippen molar-refractivity contribution in [2.75, 3.05) is 12.3 Å². The third kappa shape index (κ3) is 5.72. The number of hydrogen-bond donors (Lipinski definition) is 1. The largest absolute Gasteiger partial charge is 0.327 e. The van der Waals surface area contributed by atoms with Gasteiger partial charge in [-0.2, -0.15) is 0 Å². The molecule has 0 bridgehead atoms. The van der Waals surface area contributed by atoms with Crippen LogP contribution in [0.1, 0.15) is 0 Å². The fourth-order valence-electron chi connectivity index (χ4n) is 0.218. The van der Waals surface area contributed by atoms with E-state index < -0.39 is 0 Å². The van der Waals surface area contributed by atoms with E-state index in [1.807, 2.05) is 11.5 Å². The summed E-state index contributed by atoms with van der Waals surface area (Å²) in [4.78, 5) is 9.68. The normalized spacial score (nSPS) is 10.1. The monoisotopic (exact) mass is 131 g/mol. The minimum atomic E-state index is 0.524. The number of hydrogen-bond acceptors (Lipinski definition) is 3. The number of thioether (sulfide) groups is 1. The molecular weight excluding hydrogens is 122 g/mol. The molecule has 0 aromatic carbocycles. The molecule has 2 N–H and O–H groups in total. The maximum absolute atomic E-state index is 9.68. The van der Waals surface area contributed by atoms with Crippen molar-refractivity contribution in [2.24, 2.45) is 5.73 Å². The van der Waals surface area contributed by atoms with Crippen LogP contribution < -0.4 is 5.73 Å². The third-order valence-corrected chi connectivity index (χ3v) is 1.21. The molecule has 0 aromatic heterocycles. The van der Waals surface area contributed by atoms with Crippen LogP contribution in [0.3, 0.4) is 0 Å². The zero-order valence-electron chi connectivity index (χ0n) is 4.54. The van der Waals surface area contributed by atoms with Gasteiger partial charge in [-0.1, -0.05) is 6.08 Å². The summed E-state index contributed by atoms with van der Waals surface area (Å²) in [6, 6.07) is 0. The van der Waals surface area contributed by atoms with Crippen LogP contribution in [0.15, 0.2) is 11.5 Å². The van der Waals surface area contributed by atoms with E-state index in [2.05, 4.69) is 0 Å². The summed E-state index contributed by atoms with van der Waals surface area (Å²) in [5.74, 6) is 0.524. The van der Waals surface area contributed by atoms with Crippen LogP contribution in [-0.2, 0) is 4.79 Å². The topological polar surface area (TPSA) is 43.1 Å². The summed E-state index contributed by atoms with van der Waals surface area (Å²) in [6.45, 7) is 0.547. The van der Waals surface area contributed by atoms with Gasteiger partial charge in [0, 0.05) is 6.54 Å². The van der Waals surface area contributed by atoms with Gasteiger partial charge in [0.15, 0.2) is 0 Å². The molecule has 2 nitrogen and oxygen atoms in total. The number of nitrogens with two attached hydrogens (primary N) is 1. The number of carbonyl (C=O) groups excluding carboxylic acids is 1. The standard InChI is InChI=1S/C5H9NOS/c6-2-1-4-8-5-3-7/h1,3-4H,2,5-6H2. The van der Waals surface area contributed by atoms with E-state index in [9.17, 15) is 4.79 Å².